The van der Waals surface area contributed by atoms with Crippen molar-refractivity contribution in [2.24, 2.45) is 0 Å². The van der Waals surface area contributed by atoms with Gasteiger partial charge in [0.15, 0.2) is 0 Å². The van der Waals surface area contributed by atoms with Gasteiger partial charge in [-0.25, -0.2) is 0 Å². The van der Waals surface area contributed by atoms with Gasteiger partial charge in [-0.3, -0.25) is 4.79 Å². The average Bonchev–Trinajstić information content (AvgIpc) is 2.29. The Kier molecular flexibility index (Phi) is 6.52. The van der Waals surface area contributed by atoms with E-state index in [-0.39, 0.29) is 11.9 Å². The minimum atomic E-state index is -0.0692. The molecule has 1 N–H and O–H groups in total. The molecule has 2 nitrogen and oxygen atoms in total. The Morgan fingerprint density at radius 1 is 1.47 bits per heavy atom. The maximum atomic E-state index is 12.0. The van der Waals surface area contributed by atoms with Gasteiger partial charge in [-0.1, -0.05) is 15.9 Å². The van der Waals surface area contributed by atoms with Crippen molar-refractivity contribution < 1.29 is 4.79 Å². The van der Waals surface area contributed by atoms with E-state index in [2.05, 4.69) is 37.2 Å². The van der Waals surface area contributed by atoms with Gasteiger partial charge in [-0.15, -0.1) is 11.6 Å². The molecule has 0 bridgehead atoms. The number of amides is 1. The quantitative estimate of drug-likeness (QED) is 0.753. The van der Waals surface area contributed by atoms with Crippen LogP contribution in [0.1, 0.15) is 30.1 Å². The van der Waals surface area contributed by atoms with Gasteiger partial charge >= 0.3 is 0 Å². The molecule has 0 aliphatic rings. The van der Waals surface area contributed by atoms with Crippen LogP contribution in [0.25, 0.3) is 0 Å². The van der Waals surface area contributed by atoms with Crippen LogP contribution in [0.2, 0.25) is 0 Å². The first-order valence-electron chi connectivity index (χ1n) is 5.36. The van der Waals surface area contributed by atoms with Gasteiger partial charge < -0.3 is 5.32 Å². The normalized spacial score (nSPS) is 12.2. The van der Waals surface area contributed by atoms with Crippen molar-refractivity contribution in [3.8, 4) is 0 Å². The van der Waals surface area contributed by atoms with Gasteiger partial charge in [0.1, 0.15) is 0 Å². The molecule has 0 aliphatic heterocycles. The van der Waals surface area contributed by atoms with Crippen LogP contribution in [0, 0.1) is 0 Å². The Morgan fingerprint density at radius 3 is 2.82 bits per heavy atom. The molecule has 1 rings (SSSR count). The molecule has 1 unspecified atom stereocenters. The summed E-state index contributed by atoms with van der Waals surface area (Å²) >= 11 is 12.3. The number of nitrogens with one attached hydrogen (secondary N) is 1. The van der Waals surface area contributed by atoms with Gasteiger partial charge in [0.2, 0.25) is 0 Å². The fraction of sp³-hybridized carbons (Fsp3) is 0.417. The predicted molar refractivity (Wildman–Crippen MR) is 78.7 cm³/mol. The molecule has 94 valence electrons. The first-order chi connectivity index (χ1) is 8.04. The molecule has 0 heterocycles. The minimum absolute atomic E-state index is 0.0692. The van der Waals surface area contributed by atoms with Gasteiger partial charge in [-0.2, -0.15) is 0 Å². The van der Waals surface area contributed by atoms with Crippen molar-refractivity contribution in [3.05, 3.63) is 32.7 Å². The highest BCUT2D eigenvalue weighted by Crippen LogP contribution is 2.21. The molecule has 0 saturated heterocycles. The number of carbonyl (C=O) groups excluding carboxylic acids is 1. The van der Waals surface area contributed by atoms with Crippen LogP contribution in [0.3, 0.4) is 0 Å². The van der Waals surface area contributed by atoms with Crippen LogP contribution in [-0.4, -0.2) is 17.8 Å². The zero-order valence-corrected chi connectivity index (χ0v) is 13.4. The third kappa shape index (κ3) is 4.98. The summed E-state index contributed by atoms with van der Waals surface area (Å²) in [5.74, 6) is 0.557. The van der Waals surface area contributed by atoms with Gasteiger partial charge in [0.05, 0.1) is 5.56 Å². The Hall–Kier alpha value is -0.0600. The number of hydrogen-bond acceptors (Lipinski definition) is 1. The molecule has 17 heavy (non-hydrogen) atoms. The van der Waals surface area contributed by atoms with Gasteiger partial charge in [0.25, 0.3) is 5.91 Å². The second kappa shape index (κ2) is 7.39. The molecule has 1 atom stereocenters. The van der Waals surface area contributed by atoms with E-state index in [0.717, 1.165) is 21.8 Å². The SMILES string of the molecule is CC(CCCCl)NC(=O)c1cc(Br)ccc1Br. The van der Waals surface area contributed by atoms with Crippen molar-refractivity contribution in [2.75, 3.05) is 5.88 Å². The summed E-state index contributed by atoms with van der Waals surface area (Å²) in [6.07, 6.45) is 1.80. The number of hydrogen-bond donors (Lipinski definition) is 1. The van der Waals surface area contributed by atoms with E-state index in [1.54, 1.807) is 6.07 Å². The fourth-order valence-corrected chi connectivity index (χ4v) is 2.37. The minimum Gasteiger partial charge on any atom is -0.350 e. The van der Waals surface area contributed by atoms with Crippen LogP contribution in [0.15, 0.2) is 27.1 Å². The van der Waals surface area contributed by atoms with Crippen molar-refractivity contribution in [1.29, 1.82) is 0 Å². The zero-order valence-electron chi connectivity index (χ0n) is 9.47. The number of alkyl halides is 1. The average molecular weight is 384 g/mol. The highest BCUT2D eigenvalue weighted by Gasteiger charge is 2.12. The lowest BCUT2D eigenvalue weighted by atomic mass is 10.1. The second-order valence-corrected chi connectivity index (χ2v) is 5.98. The monoisotopic (exact) mass is 381 g/mol. The zero-order chi connectivity index (χ0) is 12.8. The number of benzene rings is 1. The van der Waals surface area contributed by atoms with E-state index in [9.17, 15) is 4.79 Å². The highest BCUT2D eigenvalue weighted by molar-refractivity contribution is 9.11. The predicted octanol–water partition coefficient (Wildman–Crippen LogP) is 4.35. The summed E-state index contributed by atoms with van der Waals surface area (Å²) in [5, 5.41) is 2.95. The van der Waals surface area contributed by atoms with Crippen molar-refractivity contribution in [3.63, 3.8) is 0 Å². The maximum Gasteiger partial charge on any atom is 0.252 e. The number of rotatable bonds is 5. The first kappa shape index (κ1) is 15.0. The summed E-state index contributed by atoms with van der Waals surface area (Å²) in [4.78, 5) is 12.0. The second-order valence-electron chi connectivity index (χ2n) is 3.83. The molecule has 1 aromatic rings. The Balaban J connectivity index is 2.66. The largest absolute Gasteiger partial charge is 0.350 e. The third-order valence-corrected chi connectivity index (χ3v) is 3.77. The molecular weight excluding hydrogens is 369 g/mol. The molecular formula is C12H14Br2ClNO. The van der Waals surface area contributed by atoms with Crippen LogP contribution >= 0.6 is 43.5 Å². The molecule has 0 radical (unpaired) electrons. The third-order valence-electron chi connectivity index (χ3n) is 2.32. The van der Waals surface area contributed by atoms with Crippen molar-refractivity contribution in [1.82, 2.24) is 5.32 Å². The first-order valence-corrected chi connectivity index (χ1v) is 7.48. The van der Waals surface area contributed by atoms with E-state index >= 15 is 0 Å². The molecule has 0 aliphatic carbocycles. The van der Waals surface area contributed by atoms with Gasteiger partial charge in [-0.05, 0) is 53.9 Å². The van der Waals surface area contributed by atoms with E-state index in [0.29, 0.717) is 11.4 Å². The van der Waals surface area contributed by atoms with Crippen LogP contribution in [0.5, 0.6) is 0 Å². The molecule has 0 saturated carbocycles. The summed E-state index contributed by atoms with van der Waals surface area (Å²) in [5.41, 5.74) is 0.636. The summed E-state index contributed by atoms with van der Waals surface area (Å²) in [6.45, 7) is 1.98. The smallest absolute Gasteiger partial charge is 0.252 e. The lowest BCUT2D eigenvalue weighted by molar-refractivity contribution is 0.0937. The van der Waals surface area contributed by atoms with E-state index in [4.69, 9.17) is 11.6 Å². The number of halogens is 3. The summed E-state index contributed by atoms with van der Waals surface area (Å²) < 4.78 is 1.68. The van der Waals surface area contributed by atoms with Crippen LogP contribution < -0.4 is 5.32 Å². The lowest BCUT2D eigenvalue weighted by Crippen LogP contribution is -2.32. The van der Waals surface area contributed by atoms with E-state index in [1.807, 2.05) is 19.1 Å². The molecule has 0 aromatic heterocycles. The number of carbonyl (C=O) groups is 1. The van der Waals surface area contributed by atoms with Crippen molar-refractivity contribution >= 4 is 49.4 Å². The highest BCUT2D eigenvalue weighted by atomic mass is 79.9. The molecule has 1 amide bonds. The summed E-state index contributed by atoms with van der Waals surface area (Å²) in [7, 11) is 0. The maximum absolute atomic E-state index is 12.0. The summed E-state index contributed by atoms with van der Waals surface area (Å²) in [6, 6.07) is 5.67. The Labute approximate surface area is 123 Å². The van der Waals surface area contributed by atoms with Crippen LogP contribution in [0.4, 0.5) is 0 Å². The fourth-order valence-electron chi connectivity index (χ4n) is 1.43. The molecule has 0 spiro atoms. The van der Waals surface area contributed by atoms with Crippen molar-refractivity contribution in [2.45, 2.75) is 25.8 Å². The molecule has 1 aromatic carbocycles. The molecule has 0 fully saturated rings. The van der Waals surface area contributed by atoms with E-state index in [1.165, 1.54) is 0 Å². The standard InChI is InChI=1S/C12H14Br2ClNO/c1-8(3-2-6-15)16-12(17)10-7-9(13)4-5-11(10)14/h4-5,7-8H,2-3,6H2,1H3,(H,16,17). The Bertz CT molecular complexity index is 398. The van der Waals surface area contributed by atoms with E-state index < -0.39 is 0 Å². The van der Waals surface area contributed by atoms with Gasteiger partial charge in [0, 0.05) is 20.9 Å². The Morgan fingerprint density at radius 2 is 2.18 bits per heavy atom. The topological polar surface area (TPSA) is 29.1 Å². The lowest BCUT2D eigenvalue weighted by Gasteiger charge is -2.14. The molecule has 5 heteroatoms. The van der Waals surface area contributed by atoms with Crippen LogP contribution in [-0.2, 0) is 0 Å².